The lowest BCUT2D eigenvalue weighted by Gasteiger charge is -2.45. The molecule has 6 nitrogen and oxygen atoms in total. The van der Waals surface area contributed by atoms with Crippen molar-refractivity contribution in [3.63, 3.8) is 0 Å². The molecule has 4 unspecified atom stereocenters. The summed E-state index contributed by atoms with van der Waals surface area (Å²) in [4.78, 5) is 27.7. The van der Waals surface area contributed by atoms with Gasteiger partial charge in [-0.2, -0.15) is 0 Å². The molecular formula is C28H38N2O4. The van der Waals surface area contributed by atoms with Gasteiger partial charge in [0.15, 0.2) is 0 Å². The normalized spacial score (nSPS) is 22.5. The van der Waals surface area contributed by atoms with E-state index in [0.29, 0.717) is 24.6 Å². The number of hydrogen-bond acceptors (Lipinski definition) is 5. The number of hydrogen-bond donors (Lipinski definition) is 2. The molecule has 1 amide bonds. The maximum atomic E-state index is 13.2. The van der Waals surface area contributed by atoms with Crippen LogP contribution in [0.4, 0.5) is 0 Å². The molecule has 1 aliphatic rings. The first-order valence-corrected chi connectivity index (χ1v) is 12.3. The quantitative estimate of drug-likeness (QED) is 0.548. The van der Waals surface area contributed by atoms with Crippen LogP contribution in [-0.4, -0.2) is 54.2 Å². The number of amides is 1. The minimum absolute atomic E-state index is 0.0369. The highest BCUT2D eigenvalue weighted by Crippen LogP contribution is 2.40. The largest absolute Gasteiger partial charge is 0.508 e. The van der Waals surface area contributed by atoms with Crippen molar-refractivity contribution in [1.82, 2.24) is 10.2 Å². The summed E-state index contributed by atoms with van der Waals surface area (Å²) in [6, 6.07) is 16.9. The predicted molar refractivity (Wildman–Crippen MR) is 134 cm³/mol. The zero-order valence-corrected chi connectivity index (χ0v) is 20.8. The summed E-state index contributed by atoms with van der Waals surface area (Å²) in [7, 11) is 0. The standard InChI is InChI=1S/C28H38N2O4/c1-5-34-27(33)21(3)29-26(32)23(16-22-10-7-6-8-11-22)19-30-15-14-28(4,20(2)18-30)24-12-9-13-25(31)17-24/h6-13,17,20-21,23,31H,5,14-16,18-19H2,1-4H3,(H,29,32). The van der Waals surface area contributed by atoms with Crippen LogP contribution in [0.3, 0.4) is 0 Å². The van der Waals surface area contributed by atoms with Crippen LogP contribution in [0.25, 0.3) is 0 Å². The third kappa shape index (κ3) is 6.38. The van der Waals surface area contributed by atoms with E-state index in [0.717, 1.165) is 30.6 Å². The number of phenolic OH excluding ortho intramolecular Hbond substituents is 1. The maximum absolute atomic E-state index is 13.2. The van der Waals surface area contributed by atoms with Crippen molar-refractivity contribution in [3.8, 4) is 5.75 Å². The molecule has 1 aliphatic heterocycles. The number of phenols is 1. The Hall–Kier alpha value is -2.86. The van der Waals surface area contributed by atoms with Crippen molar-refractivity contribution in [2.75, 3.05) is 26.2 Å². The summed E-state index contributed by atoms with van der Waals surface area (Å²) in [5.74, 6) is -0.177. The first-order chi connectivity index (χ1) is 16.2. The lowest BCUT2D eigenvalue weighted by molar-refractivity contribution is -0.147. The van der Waals surface area contributed by atoms with E-state index in [4.69, 9.17) is 4.74 Å². The highest BCUT2D eigenvalue weighted by Gasteiger charge is 2.39. The molecule has 0 aromatic heterocycles. The van der Waals surface area contributed by atoms with Crippen molar-refractivity contribution in [1.29, 1.82) is 0 Å². The summed E-state index contributed by atoms with van der Waals surface area (Å²) < 4.78 is 5.06. The van der Waals surface area contributed by atoms with Gasteiger partial charge < -0.3 is 20.1 Å². The van der Waals surface area contributed by atoms with Gasteiger partial charge in [-0.1, -0.05) is 56.3 Å². The first-order valence-electron chi connectivity index (χ1n) is 12.3. The number of piperidine rings is 1. The van der Waals surface area contributed by atoms with Crippen LogP contribution in [0.15, 0.2) is 54.6 Å². The van der Waals surface area contributed by atoms with Gasteiger partial charge in [0.05, 0.1) is 12.5 Å². The van der Waals surface area contributed by atoms with Gasteiger partial charge in [-0.15, -0.1) is 0 Å². The van der Waals surface area contributed by atoms with Crippen LogP contribution in [-0.2, 0) is 26.2 Å². The SMILES string of the molecule is CCOC(=O)C(C)NC(=O)C(Cc1ccccc1)CN1CCC(C)(c2cccc(O)c2)C(C)C1. The number of esters is 1. The van der Waals surface area contributed by atoms with Crippen LogP contribution in [0.2, 0.25) is 0 Å². The number of benzene rings is 2. The van der Waals surface area contributed by atoms with Crippen molar-refractivity contribution in [2.24, 2.45) is 11.8 Å². The van der Waals surface area contributed by atoms with Gasteiger partial charge in [0.1, 0.15) is 11.8 Å². The molecule has 0 radical (unpaired) electrons. The Bertz CT molecular complexity index is 964. The number of carbonyl (C=O) groups is 2. The average molecular weight is 467 g/mol. The van der Waals surface area contributed by atoms with E-state index in [1.54, 1.807) is 19.9 Å². The monoisotopic (exact) mass is 466 g/mol. The number of aromatic hydroxyl groups is 1. The van der Waals surface area contributed by atoms with Crippen LogP contribution in [0, 0.1) is 11.8 Å². The highest BCUT2D eigenvalue weighted by molar-refractivity contribution is 5.85. The van der Waals surface area contributed by atoms with Gasteiger partial charge in [0.2, 0.25) is 5.91 Å². The van der Waals surface area contributed by atoms with Gasteiger partial charge in [-0.25, -0.2) is 4.79 Å². The molecule has 0 saturated carbocycles. The summed E-state index contributed by atoms with van der Waals surface area (Å²) in [5.41, 5.74) is 2.22. The molecule has 1 heterocycles. The van der Waals surface area contributed by atoms with Gasteiger partial charge in [0.25, 0.3) is 0 Å². The van der Waals surface area contributed by atoms with E-state index in [1.165, 1.54) is 0 Å². The molecule has 2 aromatic rings. The summed E-state index contributed by atoms with van der Waals surface area (Å²) in [6.07, 6.45) is 1.55. The second-order valence-electron chi connectivity index (χ2n) is 9.75. The lowest BCUT2D eigenvalue weighted by Crippen LogP contribution is -2.51. The third-order valence-electron chi connectivity index (χ3n) is 7.25. The Kier molecular flexibility index (Phi) is 8.72. The molecule has 2 aromatic carbocycles. The Morgan fingerprint density at radius 1 is 1.21 bits per heavy atom. The van der Waals surface area contributed by atoms with Crippen molar-refractivity contribution < 1.29 is 19.4 Å². The third-order valence-corrected chi connectivity index (χ3v) is 7.25. The molecule has 3 rings (SSSR count). The number of nitrogens with zero attached hydrogens (tertiary/aromatic N) is 1. The molecule has 2 N–H and O–H groups in total. The molecule has 1 fully saturated rings. The molecule has 4 atom stereocenters. The second-order valence-corrected chi connectivity index (χ2v) is 9.75. The summed E-state index contributed by atoms with van der Waals surface area (Å²) >= 11 is 0. The van der Waals surface area contributed by atoms with E-state index >= 15 is 0 Å². The van der Waals surface area contributed by atoms with Gasteiger partial charge in [-0.3, -0.25) is 4.79 Å². The molecule has 6 heteroatoms. The second kappa shape index (κ2) is 11.5. The lowest BCUT2D eigenvalue weighted by atomic mass is 9.68. The van der Waals surface area contributed by atoms with Gasteiger partial charge in [0, 0.05) is 13.1 Å². The molecule has 0 spiro atoms. The molecular weight excluding hydrogens is 428 g/mol. The topological polar surface area (TPSA) is 78.9 Å². The average Bonchev–Trinajstić information content (AvgIpc) is 2.82. The summed E-state index contributed by atoms with van der Waals surface area (Å²) in [5, 5.41) is 12.8. The van der Waals surface area contributed by atoms with Crippen molar-refractivity contribution >= 4 is 11.9 Å². The molecule has 184 valence electrons. The van der Waals surface area contributed by atoms with Gasteiger partial charge in [-0.05, 0) is 67.8 Å². The minimum Gasteiger partial charge on any atom is -0.508 e. The van der Waals surface area contributed by atoms with E-state index in [9.17, 15) is 14.7 Å². The fourth-order valence-electron chi connectivity index (χ4n) is 4.88. The zero-order chi connectivity index (χ0) is 24.7. The Morgan fingerprint density at radius 3 is 2.59 bits per heavy atom. The van der Waals surface area contributed by atoms with Crippen molar-refractivity contribution in [3.05, 3.63) is 65.7 Å². The molecule has 34 heavy (non-hydrogen) atoms. The minimum atomic E-state index is -0.681. The van der Waals surface area contributed by atoms with Gasteiger partial charge >= 0.3 is 5.97 Å². The highest BCUT2D eigenvalue weighted by atomic mass is 16.5. The van der Waals surface area contributed by atoms with Crippen LogP contribution >= 0.6 is 0 Å². The van der Waals surface area contributed by atoms with Crippen LogP contribution in [0.5, 0.6) is 5.75 Å². The number of carbonyl (C=O) groups excluding carboxylic acids is 2. The van der Waals surface area contributed by atoms with E-state index in [-0.39, 0.29) is 23.8 Å². The predicted octanol–water partition coefficient (Wildman–Crippen LogP) is 3.92. The molecule has 1 saturated heterocycles. The van der Waals surface area contributed by atoms with E-state index < -0.39 is 12.0 Å². The van der Waals surface area contributed by atoms with Crippen LogP contribution in [0.1, 0.15) is 45.2 Å². The smallest absolute Gasteiger partial charge is 0.328 e. The Morgan fingerprint density at radius 2 is 1.94 bits per heavy atom. The van der Waals surface area contributed by atoms with E-state index in [1.807, 2.05) is 42.5 Å². The molecule has 0 aliphatic carbocycles. The summed E-state index contributed by atoms with van der Waals surface area (Å²) in [6.45, 7) is 10.6. The number of ether oxygens (including phenoxy) is 1. The molecule has 0 bridgehead atoms. The Balaban J connectivity index is 1.71. The maximum Gasteiger partial charge on any atom is 0.328 e. The van der Waals surface area contributed by atoms with Crippen LogP contribution < -0.4 is 5.32 Å². The fourth-order valence-corrected chi connectivity index (χ4v) is 4.88. The fraction of sp³-hybridized carbons (Fsp3) is 0.500. The van der Waals surface area contributed by atoms with E-state index in [2.05, 4.69) is 30.1 Å². The van der Waals surface area contributed by atoms with Crippen molar-refractivity contribution in [2.45, 2.75) is 52.0 Å². The number of rotatable bonds is 9. The number of nitrogens with one attached hydrogen (secondary N) is 1. The Labute approximate surface area is 203 Å². The first kappa shape index (κ1) is 25.8. The number of likely N-dealkylation sites (tertiary alicyclic amines) is 1. The zero-order valence-electron chi connectivity index (χ0n) is 20.8.